The van der Waals surface area contributed by atoms with Crippen LogP contribution >= 0.6 is 22.6 Å². The number of hydrogen-bond donors (Lipinski definition) is 10. The van der Waals surface area contributed by atoms with Gasteiger partial charge in [0.15, 0.2) is 17.7 Å². The fourth-order valence-corrected chi connectivity index (χ4v) is 10.5. The number of aliphatic hydroxyl groups is 3. The smallest absolute Gasteiger partial charge is 0.407 e. The molecule has 2 aromatic heterocycles. The average Bonchev–Trinajstić information content (AvgIpc) is 3.93. The summed E-state index contributed by atoms with van der Waals surface area (Å²) in [6.07, 6.45) is 0.995. The predicted molar refractivity (Wildman–Crippen MR) is 277 cm³/mol. The fraction of sp³-hybridized carbons (Fsp3) is 0.633. The summed E-state index contributed by atoms with van der Waals surface area (Å²) < 4.78 is 10.8. The van der Waals surface area contributed by atoms with Crippen LogP contribution in [0.1, 0.15) is 124 Å². The Morgan fingerprint density at radius 1 is 0.945 bits per heavy atom. The number of aliphatic hydroxyl groups excluding tert-OH is 3. The Balaban J connectivity index is 1.02. The van der Waals surface area contributed by atoms with Crippen molar-refractivity contribution in [1.82, 2.24) is 46.1 Å². The summed E-state index contributed by atoms with van der Waals surface area (Å²) in [5.74, 6) is -2.71. The number of fused-ring (bicyclic) bond motifs is 1. The number of aromatic nitrogens is 4. The zero-order valence-electron chi connectivity index (χ0n) is 42.5. The second-order valence-corrected chi connectivity index (χ2v) is 21.3. The van der Waals surface area contributed by atoms with E-state index >= 15 is 0 Å². The summed E-state index contributed by atoms with van der Waals surface area (Å²) in [5.41, 5.74) is 1.76. The topological polar surface area (TPSA) is 329 Å². The first-order valence-electron chi connectivity index (χ1n) is 25.1. The molecule has 2 unspecified atom stereocenters. The van der Waals surface area contributed by atoms with E-state index in [0.29, 0.717) is 22.4 Å². The maximum Gasteiger partial charge on any atom is 0.407 e. The predicted octanol–water partition coefficient (Wildman–Crippen LogP) is 3.03. The van der Waals surface area contributed by atoms with Gasteiger partial charge in [0.2, 0.25) is 35.4 Å². The number of hydrogen-bond acceptors (Lipinski definition) is 16. The van der Waals surface area contributed by atoms with E-state index in [9.17, 15) is 48.9 Å². The monoisotopic (exact) mass is 1130 g/mol. The molecule has 73 heavy (non-hydrogen) atoms. The van der Waals surface area contributed by atoms with Crippen molar-refractivity contribution in [3.05, 3.63) is 42.0 Å². The number of anilines is 2. The SMILES string of the molecule is CCCCC(C)c1nc2ncnc(N[C@@H]3O[C@@H](CO)[C@H](NC(=O)CNC(=O)OCc4ccc(NC(=O)[C@H](C)NC(=O)[C@@H](NC(=O)CCN5C(=O)CC(C(I)(CCC)CCC)C5=O)C(C)C)cc4)[C@@H](O)[C@@H]3O)c2[nH]1. The molecule has 10 N–H and O–H groups in total. The van der Waals surface area contributed by atoms with E-state index in [4.69, 9.17) is 9.47 Å². The lowest BCUT2D eigenvalue weighted by Gasteiger charge is -2.42. The molecule has 5 rings (SSSR count). The maximum atomic E-state index is 13.4. The first kappa shape index (κ1) is 58.3. The number of nitrogens with one attached hydrogen (secondary N) is 7. The van der Waals surface area contributed by atoms with E-state index in [1.807, 2.05) is 13.8 Å². The molecule has 4 heterocycles. The van der Waals surface area contributed by atoms with Gasteiger partial charge in [0.1, 0.15) is 61.2 Å². The number of amides is 7. The molecule has 1 aromatic carbocycles. The summed E-state index contributed by atoms with van der Waals surface area (Å²) in [6.45, 7) is 11.7. The lowest BCUT2D eigenvalue weighted by Crippen LogP contribution is -2.66. The third-order valence-electron chi connectivity index (χ3n) is 13.1. The van der Waals surface area contributed by atoms with E-state index in [2.05, 4.69) is 88.3 Å². The molecule has 9 atom stereocenters. The van der Waals surface area contributed by atoms with Gasteiger partial charge >= 0.3 is 6.09 Å². The Kier molecular flexibility index (Phi) is 21.7. The number of imidazole rings is 1. The number of rotatable bonds is 26. The number of likely N-dealkylation sites (tertiary alicyclic amines) is 1. The second kappa shape index (κ2) is 27.1. The Morgan fingerprint density at radius 2 is 1.64 bits per heavy atom. The van der Waals surface area contributed by atoms with Crippen LogP contribution < -0.4 is 31.9 Å². The number of halogens is 1. The molecule has 2 fully saturated rings. The Hall–Kier alpha value is -5.57. The number of benzene rings is 1. The van der Waals surface area contributed by atoms with Crippen LogP contribution in [0.5, 0.6) is 0 Å². The van der Waals surface area contributed by atoms with Crippen LogP contribution in [0.2, 0.25) is 0 Å². The van der Waals surface area contributed by atoms with Crippen molar-refractivity contribution >= 4 is 86.8 Å². The van der Waals surface area contributed by atoms with E-state index in [1.54, 1.807) is 38.1 Å². The second-order valence-electron chi connectivity index (χ2n) is 19.1. The number of imide groups is 1. The molecule has 2 aliphatic rings. The van der Waals surface area contributed by atoms with Crippen LogP contribution in [-0.4, -0.2) is 147 Å². The first-order valence-corrected chi connectivity index (χ1v) is 26.1. The van der Waals surface area contributed by atoms with Crippen LogP contribution in [0.25, 0.3) is 11.2 Å². The molecule has 3 aromatic rings. The highest BCUT2D eigenvalue weighted by molar-refractivity contribution is 14.1. The van der Waals surface area contributed by atoms with Gasteiger partial charge in [-0.2, -0.15) is 0 Å². The standard InChI is InChI=1S/C49H72IN11O12/c1-8-11-12-27(6)41-58-38-42(59-41)52-25-53-43(38)60-46-40(67)39(66)37(32(23-62)73-46)57-34(64)22-51-48(71)72-24-29-13-15-30(16-14-29)55-44(68)28(7)54-45(69)36(26(4)5)56-33(63)17-20-61-35(65)21-31(47(61)70)49(50,18-9-2)19-10-3/h13-16,25-28,31-32,36-37,39-40,46,62,66-67H,8-12,17-24H2,1-7H3,(H,51,71)(H,54,69)(H,55,68)(H,56,63)(H,57,64)(H2,52,53,58,59,60)/t27?,28-,31?,32-,36-,37-,39+,40-,46+/m0/s1. The number of nitrogens with zero attached hydrogens (tertiary/aromatic N) is 4. The van der Waals surface area contributed by atoms with Crippen LogP contribution in [-0.2, 0) is 44.8 Å². The van der Waals surface area contributed by atoms with Crippen molar-refractivity contribution in [2.75, 3.05) is 30.3 Å². The molecule has 0 radical (unpaired) electrons. The van der Waals surface area contributed by atoms with Gasteiger partial charge in [-0.05, 0) is 49.8 Å². The van der Waals surface area contributed by atoms with Crippen LogP contribution in [0.15, 0.2) is 30.6 Å². The summed E-state index contributed by atoms with van der Waals surface area (Å²) in [4.78, 5) is 109. The fourth-order valence-electron chi connectivity index (χ4n) is 8.90. The minimum atomic E-state index is -1.61. The minimum absolute atomic E-state index is 0.0967. The summed E-state index contributed by atoms with van der Waals surface area (Å²) in [5, 5.41) is 48.0. The summed E-state index contributed by atoms with van der Waals surface area (Å²) >= 11 is 2.33. The largest absolute Gasteiger partial charge is 0.445 e. The number of ether oxygens (including phenoxy) is 2. The van der Waals surface area contributed by atoms with Gasteiger partial charge in [-0.25, -0.2) is 19.7 Å². The van der Waals surface area contributed by atoms with E-state index in [1.165, 1.54) is 13.3 Å². The number of alkyl halides is 1. The molecule has 0 spiro atoms. The molecular weight excluding hydrogens is 1060 g/mol. The lowest BCUT2D eigenvalue weighted by atomic mass is 9.84. The normalized spacial score (nSPS) is 21.3. The summed E-state index contributed by atoms with van der Waals surface area (Å²) in [7, 11) is 0. The molecule has 24 heteroatoms. The average molecular weight is 1130 g/mol. The first-order chi connectivity index (χ1) is 34.7. The van der Waals surface area contributed by atoms with Gasteiger partial charge in [0, 0.05) is 34.4 Å². The molecule has 23 nitrogen and oxygen atoms in total. The van der Waals surface area contributed by atoms with Crippen molar-refractivity contribution in [2.24, 2.45) is 11.8 Å². The highest BCUT2D eigenvalue weighted by Gasteiger charge is 2.49. The molecule has 7 amide bonds. The highest BCUT2D eigenvalue weighted by Crippen LogP contribution is 2.43. The zero-order valence-corrected chi connectivity index (χ0v) is 44.7. The Labute approximate surface area is 438 Å². The van der Waals surface area contributed by atoms with Gasteiger partial charge in [-0.1, -0.05) is 102 Å². The minimum Gasteiger partial charge on any atom is -0.445 e. The van der Waals surface area contributed by atoms with Crippen molar-refractivity contribution in [3.8, 4) is 0 Å². The van der Waals surface area contributed by atoms with Gasteiger partial charge in [-0.15, -0.1) is 0 Å². The number of carbonyl (C=O) groups excluding carboxylic acids is 7. The maximum absolute atomic E-state index is 13.4. The van der Waals surface area contributed by atoms with Crippen molar-refractivity contribution < 1.29 is 58.4 Å². The molecule has 2 aliphatic heterocycles. The Bertz CT molecular complexity index is 2380. The van der Waals surface area contributed by atoms with Gasteiger partial charge in [-0.3, -0.25) is 33.7 Å². The third-order valence-corrected chi connectivity index (χ3v) is 14.9. The molecule has 2 saturated heterocycles. The van der Waals surface area contributed by atoms with Crippen LogP contribution in [0.4, 0.5) is 16.3 Å². The summed E-state index contributed by atoms with van der Waals surface area (Å²) in [6, 6.07) is 3.00. The van der Waals surface area contributed by atoms with Gasteiger partial charge in [0.25, 0.3) is 0 Å². The quantitative estimate of drug-likeness (QED) is 0.0314. The number of carbonyl (C=O) groups is 7. The van der Waals surface area contributed by atoms with Crippen molar-refractivity contribution in [2.45, 2.75) is 165 Å². The van der Waals surface area contributed by atoms with E-state index in [0.717, 1.165) is 55.7 Å². The van der Waals surface area contributed by atoms with E-state index < -0.39 is 91.5 Å². The number of unbranched alkanes of at least 4 members (excludes halogenated alkanes) is 1. The van der Waals surface area contributed by atoms with Gasteiger partial charge < -0.3 is 61.7 Å². The molecule has 0 bridgehead atoms. The zero-order chi connectivity index (χ0) is 53.6. The van der Waals surface area contributed by atoms with Crippen molar-refractivity contribution in [1.29, 1.82) is 0 Å². The van der Waals surface area contributed by atoms with Gasteiger partial charge in [0.05, 0.1) is 18.6 Å². The van der Waals surface area contributed by atoms with Crippen LogP contribution in [0.3, 0.4) is 0 Å². The number of H-pyrrole nitrogens is 1. The molecule has 402 valence electrons. The lowest BCUT2D eigenvalue weighted by molar-refractivity contribution is -0.185. The number of alkyl carbamates (subject to hydrolysis) is 1. The van der Waals surface area contributed by atoms with E-state index in [-0.39, 0.29) is 58.9 Å². The molecular formula is C49H72IN11O12. The van der Waals surface area contributed by atoms with Crippen LogP contribution in [0, 0.1) is 11.8 Å². The van der Waals surface area contributed by atoms with Crippen molar-refractivity contribution in [3.63, 3.8) is 0 Å². The Morgan fingerprint density at radius 3 is 2.29 bits per heavy atom. The highest BCUT2D eigenvalue weighted by atomic mass is 127. The number of aromatic amines is 1. The third kappa shape index (κ3) is 15.5. The molecule has 0 saturated carbocycles. The molecule has 0 aliphatic carbocycles.